The summed E-state index contributed by atoms with van der Waals surface area (Å²) in [6.07, 6.45) is 0.553. The molecule has 0 spiro atoms. The van der Waals surface area contributed by atoms with Crippen molar-refractivity contribution >= 4 is 11.5 Å². The lowest BCUT2D eigenvalue weighted by Crippen LogP contribution is -2.43. The first-order valence-corrected chi connectivity index (χ1v) is 6.74. The number of carbonyl (C=O) groups is 1. The number of hydrogen-bond acceptors (Lipinski definition) is 3. The van der Waals surface area contributed by atoms with Crippen LogP contribution in [0.5, 0.6) is 0 Å². The van der Waals surface area contributed by atoms with Gasteiger partial charge in [0.15, 0.2) is 0 Å². The van der Waals surface area contributed by atoms with E-state index >= 15 is 0 Å². The van der Waals surface area contributed by atoms with E-state index in [-0.39, 0.29) is 5.92 Å². The second-order valence-electron chi connectivity index (χ2n) is 5.20. The minimum atomic E-state index is 0.118. The van der Waals surface area contributed by atoms with Gasteiger partial charge in [-0.3, -0.25) is 4.79 Å². The van der Waals surface area contributed by atoms with E-state index in [1.54, 1.807) is 0 Å². The zero-order valence-electron chi connectivity index (χ0n) is 11.3. The van der Waals surface area contributed by atoms with Crippen LogP contribution in [-0.4, -0.2) is 32.0 Å². The first-order chi connectivity index (χ1) is 8.66. The van der Waals surface area contributed by atoms with Crippen molar-refractivity contribution in [2.75, 3.05) is 31.1 Å². The van der Waals surface area contributed by atoms with E-state index in [9.17, 15) is 4.79 Å². The SMILES string of the molecule is CC(C)C(=O)Cc1cccc(N2CCNCC2)c1. The van der Waals surface area contributed by atoms with E-state index in [4.69, 9.17) is 0 Å². The van der Waals surface area contributed by atoms with E-state index < -0.39 is 0 Å². The summed E-state index contributed by atoms with van der Waals surface area (Å²) in [7, 11) is 0. The standard InChI is InChI=1S/C15H22N2O/c1-12(2)15(18)11-13-4-3-5-14(10-13)17-8-6-16-7-9-17/h3-5,10,12,16H,6-9,11H2,1-2H3. The van der Waals surface area contributed by atoms with Gasteiger partial charge >= 0.3 is 0 Å². The maximum atomic E-state index is 11.8. The number of anilines is 1. The summed E-state index contributed by atoms with van der Waals surface area (Å²) in [4.78, 5) is 14.2. The van der Waals surface area contributed by atoms with E-state index in [0.29, 0.717) is 12.2 Å². The van der Waals surface area contributed by atoms with Gasteiger partial charge in [0.25, 0.3) is 0 Å². The van der Waals surface area contributed by atoms with E-state index in [0.717, 1.165) is 31.7 Å². The molecule has 1 heterocycles. The molecular weight excluding hydrogens is 224 g/mol. The quantitative estimate of drug-likeness (QED) is 0.880. The zero-order valence-corrected chi connectivity index (χ0v) is 11.3. The van der Waals surface area contributed by atoms with Crippen LogP contribution >= 0.6 is 0 Å². The van der Waals surface area contributed by atoms with Crippen molar-refractivity contribution in [3.05, 3.63) is 29.8 Å². The summed E-state index contributed by atoms with van der Waals surface area (Å²) in [5.41, 5.74) is 2.37. The Hall–Kier alpha value is -1.35. The molecule has 0 bridgehead atoms. The predicted molar refractivity (Wildman–Crippen MR) is 75.1 cm³/mol. The maximum absolute atomic E-state index is 11.8. The highest BCUT2D eigenvalue weighted by molar-refractivity contribution is 5.82. The average molecular weight is 246 g/mol. The molecule has 1 aliphatic heterocycles. The van der Waals surface area contributed by atoms with Crippen LogP contribution in [-0.2, 0) is 11.2 Å². The van der Waals surface area contributed by atoms with Crippen LogP contribution in [0, 0.1) is 5.92 Å². The smallest absolute Gasteiger partial charge is 0.139 e. The number of ketones is 1. The molecule has 1 aromatic rings. The Labute approximate surface area is 109 Å². The fourth-order valence-corrected chi connectivity index (χ4v) is 2.19. The number of nitrogens with zero attached hydrogens (tertiary/aromatic N) is 1. The number of carbonyl (C=O) groups excluding carboxylic acids is 1. The third-order valence-electron chi connectivity index (χ3n) is 3.42. The van der Waals surface area contributed by atoms with E-state index in [1.807, 2.05) is 19.9 Å². The molecule has 0 radical (unpaired) electrons. The lowest BCUT2D eigenvalue weighted by molar-refractivity contribution is -0.121. The summed E-state index contributed by atoms with van der Waals surface area (Å²) in [6, 6.07) is 8.40. The third kappa shape index (κ3) is 3.33. The Morgan fingerprint density at radius 3 is 2.72 bits per heavy atom. The molecule has 0 atom stereocenters. The van der Waals surface area contributed by atoms with Crippen molar-refractivity contribution in [1.82, 2.24) is 5.32 Å². The van der Waals surface area contributed by atoms with Gasteiger partial charge in [-0.15, -0.1) is 0 Å². The molecule has 0 aromatic heterocycles. The van der Waals surface area contributed by atoms with E-state index in [2.05, 4.69) is 28.4 Å². The molecule has 1 aromatic carbocycles. The molecule has 0 aliphatic carbocycles. The van der Waals surface area contributed by atoms with Crippen molar-refractivity contribution in [2.24, 2.45) is 5.92 Å². The second-order valence-corrected chi connectivity index (χ2v) is 5.20. The Kier molecular flexibility index (Phi) is 4.37. The van der Waals surface area contributed by atoms with Gasteiger partial charge in [-0.25, -0.2) is 0 Å². The van der Waals surface area contributed by atoms with Crippen LogP contribution in [0.4, 0.5) is 5.69 Å². The van der Waals surface area contributed by atoms with Crippen molar-refractivity contribution in [1.29, 1.82) is 0 Å². The minimum absolute atomic E-state index is 0.118. The van der Waals surface area contributed by atoms with Crippen LogP contribution < -0.4 is 10.2 Å². The number of benzene rings is 1. The van der Waals surface area contributed by atoms with Gasteiger partial charge in [-0.05, 0) is 17.7 Å². The zero-order chi connectivity index (χ0) is 13.0. The van der Waals surface area contributed by atoms with Crippen molar-refractivity contribution in [2.45, 2.75) is 20.3 Å². The average Bonchev–Trinajstić information content (AvgIpc) is 2.40. The van der Waals surface area contributed by atoms with Gasteiger partial charge in [-0.1, -0.05) is 26.0 Å². The fourth-order valence-electron chi connectivity index (χ4n) is 2.19. The Bertz CT molecular complexity index is 409. The number of rotatable bonds is 4. The van der Waals surface area contributed by atoms with Gasteiger partial charge in [0.05, 0.1) is 0 Å². The highest BCUT2D eigenvalue weighted by Gasteiger charge is 2.12. The molecule has 98 valence electrons. The lowest BCUT2D eigenvalue weighted by atomic mass is 10.0. The minimum Gasteiger partial charge on any atom is -0.369 e. The molecule has 1 N–H and O–H groups in total. The van der Waals surface area contributed by atoms with Crippen LogP contribution in [0.25, 0.3) is 0 Å². The number of nitrogens with one attached hydrogen (secondary N) is 1. The number of piperazine rings is 1. The highest BCUT2D eigenvalue weighted by Crippen LogP contribution is 2.18. The van der Waals surface area contributed by atoms with Crippen molar-refractivity contribution in [3.8, 4) is 0 Å². The Morgan fingerprint density at radius 1 is 1.33 bits per heavy atom. The van der Waals surface area contributed by atoms with Crippen molar-refractivity contribution in [3.63, 3.8) is 0 Å². The molecule has 1 saturated heterocycles. The van der Waals surface area contributed by atoms with Gasteiger partial charge < -0.3 is 10.2 Å². The second kappa shape index (κ2) is 6.01. The molecular formula is C15H22N2O. The fraction of sp³-hybridized carbons (Fsp3) is 0.533. The van der Waals surface area contributed by atoms with Crippen LogP contribution in [0.1, 0.15) is 19.4 Å². The molecule has 3 heteroatoms. The molecule has 1 fully saturated rings. The van der Waals surface area contributed by atoms with Crippen molar-refractivity contribution < 1.29 is 4.79 Å². The Balaban J connectivity index is 2.07. The summed E-state index contributed by atoms with van der Waals surface area (Å²) < 4.78 is 0. The topological polar surface area (TPSA) is 32.3 Å². The van der Waals surface area contributed by atoms with Gasteiger partial charge in [0, 0.05) is 44.2 Å². The maximum Gasteiger partial charge on any atom is 0.139 e. The molecule has 1 aliphatic rings. The summed E-state index contributed by atoms with van der Waals surface area (Å²) in [6.45, 7) is 8.08. The monoisotopic (exact) mass is 246 g/mol. The Morgan fingerprint density at radius 2 is 2.06 bits per heavy atom. The van der Waals surface area contributed by atoms with Crippen LogP contribution in [0.3, 0.4) is 0 Å². The summed E-state index contributed by atoms with van der Waals surface area (Å²) in [5.74, 6) is 0.431. The normalized spacial score (nSPS) is 16.1. The van der Waals surface area contributed by atoms with Crippen LogP contribution in [0.2, 0.25) is 0 Å². The lowest BCUT2D eigenvalue weighted by Gasteiger charge is -2.29. The summed E-state index contributed by atoms with van der Waals surface area (Å²) in [5, 5.41) is 3.35. The van der Waals surface area contributed by atoms with E-state index in [1.165, 1.54) is 5.69 Å². The van der Waals surface area contributed by atoms with Gasteiger partial charge in [0.2, 0.25) is 0 Å². The summed E-state index contributed by atoms with van der Waals surface area (Å²) >= 11 is 0. The largest absolute Gasteiger partial charge is 0.369 e. The molecule has 18 heavy (non-hydrogen) atoms. The van der Waals surface area contributed by atoms with Crippen LogP contribution in [0.15, 0.2) is 24.3 Å². The molecule has 0 unspecified atom stereocenters. The third-order valence-corrected chi connectivity index (χ3v) is 3.42. The first kappa shape index (κ1) is 13.1. The predicted octanol–water partition coefficient (Wildman–Crippen LogP) is 1.86. The molecule has 0 amide bonds. The first-order valence-electron chi connectivity index (χ1n) is 6.74. The number of hydrogen-bond donors (Lipinski definition) is 1. The van der Waals surface area contributed by atoms with Gasteiger partial charge in [-0.2, -0.15) is 0 Å². The molecule has 0 saturated carbocycles. The highest BCUT2D eigenvalue weighted by atomic mass is 16.1. The molecule has 3 nitrogen and oxygen atoms in total. The number of Topliss-reactive ketones (excluding diaryl/α,β-unsaturated/α-hetero) is 1. The van der Waals surface area contributed by atoms with Gasteiger partial charge in [0.1, 0.15) is 5.78 Å². The molecule has 2 rings (SSSR count).